The summed E-state index contributed by atoms with van der Waals surface area (Å²) in [5.74, 6) is 0.847. The third-order valence-electron chi connectivity index (χ3n) is 7.17. The molecule has 0 saturated carbocycles. The maximum atomic E-state index is 14.4. The fraction of sp³-hybridized carbons (Fsp3) is 0.552. The Morgan fingerprint density at radius 1 is 1.35 bits per heavy atom. The molecule has 0 bridgehead atoms. The summed E-state index contributed by atoms with van der Waals surface area (Å²) in [7, 11) is 5.80. The van der Waals surface area contributed by atoms with Crippen molar-refractivity contribution in [2.75, 3.05) is 40.8 Å². The molecule has 1 aromatic rings. The Kier molecular flexibility index (Phi) is 12.1. The van der Waals surface area contributed by atoms with Crippen LogP contribution in [0.4, 0.5) is 4.39 Å². The first kappa shape index (κ1) is 30.4. The number of benzene rings is 1. The fourth-order valence-electron chi connectivity index (χ4n) is 4.40. The van der Waals surface area contributed by atoms with Crippen molar-refractivity contribution >= 4 is 5.78 Å². The van der Waals surface area contributed by atoms with E-state index in [0.717, 1.165) is 29.0 Å². The first-order valence-corrected chi connectivity index (χ1v) is 13.2. The number of nitrogens with one attached hydrogen (secondary N) is 2. The van der Waals surface area contributed by atoms with Crippen LogP contribution in [0.3, 0.4) is 0 Å². The Hall–Kier alpha value is -2.84. The van der Waals surface area contributed by atoms with E-state index in [-0.39, 0.29) is 17.6 Å². The molecule has 0 spiro atoms. The highest BCUT2D eigenvalue weighted by atomic mass is 19.1. The first-order chi connectivity index (χ1) is 17.6. The number of rotatable bonds is 15. The molecule has 2 rings (SSSR count). The van der Waals surface area contributed by atoms with Crippen LogP contribution >= 0.6 is 0 Å². The van der Waals surface area contributed by atoms with Crippen molar-refractivity contribution in [3.8, 4) is 5.75 Å². The van der Waals surface area contributed by atoms with Gasteiger partial charge in [-0.2, -0.15) is 0 Å². The number of nitrogens with two attached hydrogens (primary N) is 1. The third kappa shape index (κ3) is 8.33. The Morgan fingerprint density at radius 3 is 2.73 bits per heavy atom. The van der Waals surface area contributed by atoms with Gasteiger partial charge in [-0.05, 0) is 50.4 Å². The Labute approximate surface area is 222 Å². The SMILES string of the molecule is CC[C@@H](C)CC(=O)C1NN(C)C(C)=C1CCOc1c(C/C=C\CN(C)/C(=C\N)CNC)ccc(F)c1C. The number of halogens is 1. The van der Waals surface area contributed by atoms with Crippen molar-refractivity contribution in [1.82, 2.24) is 20.7 Å². The molecule has 4 N–H and O–H groups in total. The summed E-state index contributed by atoms with van der Waals surface area (Å²) in [6.45, 7) is 9.74. The number of ether oxygens (including phenoxy) is 1. The second kappa shape index (κ2) is 14.8. The highest BCUT2D eigenvalue weighted by molar-refractivity contribution is 5.87. The molecule has 37 heavy (non-hydrogen) atoms. The van der Waals surface area contributed by atoms with Crippen molar-refractivity contribution in [3.05, 3.63) is 64.4 Å². The Bertz CT molecular complexity index is 1000. The monoisotopic (exact) mass is 515 g/mol. The van der Waals surface area contributed by atoms with Crippen LogP contribution in [0.1, 0.15) is 51.2 Å². The Morgan fingerprint density at radius 2 is 2.08 bits per heavy atom. The largest absolute Gasteiger partial charge is 0.493 e. The topological polar surface area (TPSA) is 82.9 Å². The van der Waals surface area contributed by atoms with E-state index in [1.54, 1.807) is 19.2 Å². The molecular formula is C29H46FN5O2. The van der Waals surface area contributed by atoms with Gasteiger partial charge in [0, 0.05) is 63.2 Å². The van der Waals surface area contributed by atoms with Gasteiger partial charge in [0.15, 0.2) is 5.78 Å². The number of likely N-dealkylation sites (N-methyl/N-ethyl adjacent to an activating group) is 2. The predicted octanol–water partition coefficient (Wildman–Crippen LogP) is 4.05. The van der Waals surface area contributed by atoms with E-state index in [1.165, 1.54) is 6.07 Å². The summed E-state index contributed by atoms with van der Waals surface area (Å²) < 4.78 is 20.6. The zero-order chi connectivity index (χ0) is 27.5. The summed E-state index contributed by atoms with van der Waals surface area (Å²) in [5, 5.41) is 5.02. The molecule has 0 radical (unpaired) electrons. The molecular weight excluding hydrogens is 469 g/mol. The number of hydrazine groups is 1. The molecule has 0 aromatic heterocycles. The van der Waals surface area contributed by atoms with Crippen LogP contribution in [-0.2, 0) is 11.2 Å². The molecule has 206 valence electrons. The van der Waals surface area contributed by atoms with E-state index < -0.39 is 0 Å². The Balaban J connectivity index is 2.07. The molecule has 1 heterocycles. The zero-order valence-electron chi connectivity index (χ0n) is 23.7. The summed E-state index contributed by atoms with van der Waals surface area (Å²) in [5.41, 5.74) is 13.5. The fourth-order valence-corrected chi connectivity index (χ4v) is 4.40. The minimum Gasteiger partial charge on any atom is -0.493 e. The number of Topliss-reactive ketones (excluding diaryl/α,β-unsaturated/α-hetero) is 1. The van der Waals surface area contributed by atoms with Gasteiger partial charge in [0.25, 0.3) is 0 Å². The van der Waals surface area contributed by atoms with Crippen LogP contribution in [0.2, 0.25) is 0 Å². The normalized spacial score (nSPS) is 17.1. The summed E-state index contributed by atoms with van der Waals surface area (Å²) >= 11 is 0. The molecule has 1 aliphatic rings. The number of carbonyl (C=O) groups is 1. The lowest BCUT2D eigenvalue weighted by Crippen LogP contribution is -2.40. The van der Waals surface area contributed by atoms with Crippen molar-refractivity contribution in [1.29, 1.82) is 0 Å². The predicted molar refractivity (Wildman–Crippen MR) is 149 cm³/mol. The van der Waals surface area contributed by atoms with Crippen molar-refractivity contribution in [2.24, 2.45) is 11.7 Å². The van der Waals surface area contributed by atoms with E-state index in [9.17, 15) is 9.18 Å². The minimum atomic E-state index is -0.328. The summed E-state index contributed by atoms with van der Waals surface area (Å²) in [6, 6.07) is 2.95. The van der Waals surface area contributed by atoms with Crippen LogP contribution < -0.4 is 21.2 Å². The van der Waals surface area contributed by atoms with Crippen LogP contribution in [0.5, 0.6) is 5.75 Å². The van der Waals surface area contributed by atoms with E-state index in [1.807, 2.05) is 33.1 Å². The lowest BCUT2D eigenvalue weighted by molar-refractivity contribution is -0.121. The van der Waals surface area contributed by atoms with Gasteiger partial charge < -0.3 is 25.7 Å². The number of hydrogen-bond acceptors (Lipinski definition) is 7. The first-order valence-electron chi connectivity index (χ1n) is 13.2. The molecule has 7 nitrogen and oxygen atoms in total. The molecule has 0 aliphatic carbocycles. The van der Waals surface area contributed by atoms with Gasteiger partial charge in [0.2, 0.25) is 0 Å². The maximum Gasteiger partial charge on any atom is 0.156 e. The van der Waals surface area contributed by atoms with E-state index in [4.69, 9.17) is 10.5 Å². The molecule has 2 atom stereocenters. The molecule has 0 amide bonds. The van der Waals surface area contributed by atoms with Crippen LogP contribution in [0.15, 0.2) is 47.5 Å². The average molecular weight is 516 g/mol. The lowest BCUT2D eigenvalue weighted by Gasteiger charge is -2.20. The van der Waals surface area contributed by atoms with Gasteiger partial charge in [-0.3, -0.25) is 4.79 Å². The maximum absolute atomic E-state index is 14.4. The van der Waals surface area contributed by atoms with Crippen molar-refractivity contribution in [2.45, 2.75) is 59.4 Å². The second-order valence-electron chi connectivity index (χ2n) is 9.92. The van der Waals surface area contributed by atoms with Crippen LogP contribution in [-0.4, -0.2) is 62.6 Å². The number of ketones is 1. The third-order valence-corrected chi connectivity index (χ3v) is 7.17. The summed E-state index contributed by atoms with van der Waals surface area (Å²) in [4.78, 5) is 15.0. The minimum absolute atomic E-state index is 0.202. The lowest BCUT2D eigenvalue weighted by atomic mass is 9.93. The number of allylic oxidation sites excluding steroid dienone is 2. The van der Waals surface area contributed by atoms with Gasteiger partial charge in [-0.15, -0.1) is 0 Å². The van der Waals surface area contributed by atoms with Crippen molar-refractivity contribution in [3.63, 3.8) is 0 Å². The molecule has 0 fully saturated rings. The molecule has 1 unspecified atom stereocenters. The van der Waals surface area contributed by atoms with Crippen molar-refractivity contribution < 1.29 is 13.9 Å². The highest BCUT2D eigenvalue weighted by Crippen LogP contribution is 2.29. The van der Waals surface area contributed by atoms with Crippen LogP contribution in [0, 0.1) is 18.7 Å². The van der Waals surface area contributed by atoms with E-state index in [2.05, 4.69) is 41.6 Å². The summed E-state index contributed by atoms with van der Waals surface area (Å²) in [6.07, 6.45) is 8.49. The van der Waals surface area contributed by atoms with E-state index >= 15 is 0 Å². The van der Waals surface area contributed by atoms with Gasteiger partial charge in [0.05, 0.1) is 6.61 Å². The van der Waals surface area contributed by atoms with Crippen LogP contribution in [0.25, 0.3) is 0 Å². The van der Waals surface area contributed by atoms with Gasteiger partial charge >= 0.3 is 0 Å². The zero-order valence-corrected chi connectivity index (χ0v) is 23.7. The van der Waals surface area contributed by atoms with Gasteiger partial charge in [0.1, 0.15) is 17.6 Å². The van der Waals surface area contributed by atoms with Gasteiger partial charge in [-0.1, -0.05) is 38.5 Å². The molecule has 0 saturated heterocycles. The quantitative estimate of drug-likeness (QED) is 0.304. The number of nitrogens with zero attached hydrogens (tertiary/aromatic N) is 2. The molecule has 8 heteroatoms. The standard InChI is InChI=1S/C29H46FN5O2/c1-8-20(2)17-27(36)28-25(22(4)35(7)33-28)14-16-37-29-21(3)26(30)13-12-23(29)11-9-10-15-34(6)24(18-31)19-32-5/h9-10,12-13,18,20,28,32-33H,8,11,14-17,19,31H2,1-7H3/b10-9-,24-18-/t20-,28?/m1/s1. The highest BCUT2D eigenvalue weighted by Gasteiger charge is 2.32. The molecule has 1 aromatic carbocycles. The smallest absolute Gasteiger partial charge is 0.156 e. The average Bonchev–Trinajstić information content (AvgIpc) is 3.16. The number of hydrogen-bond donors (Lipinski definition) is 3. The molecule has 1 aliphatic heterocycles. The van der Waals surface area contributed by atoms with E-state index in [0.29, 0.717) is 56.2 Å². The number of carbonyl (C=O) groups excluding carboxylic acids is 1. The second-order valence-corrected chi connectivity index (χ2v) is 9.92. The van der Waals surface area contributed by atoms with Gasteiger partial charge in [-0.25, -0.2) is 9.82 Å².